The highest BCUT2D eigenvalue weighted by atomic mass is 16.5. The molecule has 0 radical (unpaired) electrons. The molecule has 11 heavy (non-hydrogen) atoms. The fourth-order valence-corrected chi connectivity index (χ4v) is 1.04. The molecular weight excluding hydrogens is 138 g/mol. The predicted octanol–water partition coefficient (Wildman–Crippen LogP) is 1.77. The van der Waals surface area contributed by atoms with Gasteiger partial charge in [-0.3, -0.25) is 0 Å². The summed E-state index contributed by atoms with van der Waals surface area (Å²) in [5.41, 5.74) is 3.41. The summed E-state index contributed by atoms with van der Waals surface area (Å²) in [6.45, 7) is 2.67. The second-order valence-electron chi connectivity index (χ2n) is 2.67. The van der Waals surface area contributed by atoms with Crippen molar-refractivity contribution in [2.24, 2.45) is 0 Å². The van der Waals surface area contributed by atoms with Crippen molar-refractivity contribution >= 4 is 0 Å². The third-order valence-corrected chi connectivity index (χ3v) is 1.77. The van der Waals surface area contributed by atoms with Crippen molar-refractivity contribution in [1.29, 1.82) is 0 Å². The summed E-state index contributed by atoms with van der Waals surface area (Å²) in [5.74, 6) is 0.362. The molecule has 60 valence electrons. The highest BCUT2D eigenvalue weighted by Crippen LogP contribution is 2.12. The van der Waals surface area contributed by atoms with Gasteiger partial charge in [-0.05, 0) is 11.5 Å². The second kappa shape index (κ2) is 4.11. The molecule has 2 nitrogen and oxygen atoms in total. The summed E-state index contributed by atoms with van der Waals surface area (Å²) in [7, 11) is 0. The Bertz CT molecular complexity index is 198. The van der Waals surface area contributed by atoms with Crippen LogP contribution in [0.5, 0.6) is 0 Å². The Morgan fingerprint density at radius 2 is 2.00 bits per heavy atom. The van der Waals surface area contributed by atoms with Gasteiger partial charge in [-0.2, -0.15) is 0 Å². The molecule has 0 heterocycles. The smallest absolute Gasteiger partial charge is 0.0273 e. The minimum atomic E-state index is 0.362. The maximum atomic E-state index is 8.45. The van der Waals surface area contributed by atoms with E-state index in [9.17, 15) is 0 Å². The number of hydroxylamine groups is 1. The van der Waals surface area contributed by atoms with E-state index in [0.29, 0.717) is 12.5 Å². The zero-order valence-electron chi connectivity index (χ0n) is 6.62. The number of hydrogen-bond donors (Lipinski definition) is 2. The van der Waals surface area contributed by atoms with Gasteiger partial charge in [-0.1, -0.05) is 37.3 Å². The van der Waals surface area contributed by atoms with Crippen molar-refractivity contribution in [2.45, 2.75) is 12.8 Å². The lowest BCUT2D eigenvalue weighted by Gasteiger charge is -2.08. The molecule has 2 heteroatoms. The van der Waals surface area contributed by atoms with Gasteiger partial charge < -0.3 is 5.21 Å². The third kappa shape index (κ3) is 2.33. The van der Waals surface area contributed by atoms with Gasteiger partial charge in [0.2, 0.25) is 0 Å². The van der Waals surface area contributed by atoms with E-state index in [1.165, 1.54) is 5.56 Å². The standard InChI is InChI=1S/C9H13NO/c1-8(7-10-11)9-5-3-2-4-6-9/h2-6,8,10-11H,7H2,1H3. The molecule has 1 aromatic carbocycles. The average Bonchev–Trinajstić information content (AvgIpc) is 2.07. The van der Waals surface area contributed by atoms with Gasteiger partial charge >= 0.3 is 0 Å². The Hall–Kier alpha value is -0.860. The summed E-state index contributed by atoms with van der Waals surface area (Å²) in [5, 5.41) is 8.45. The monoisotopic (exact) mass is 151 g/mol. The Balaban J connectivity index is 2.61. The zero-order chi connectivity index (χ0) is 8.10. The molecule has 1 atom stereocenters. The van der Waals surface area contributed by atoms with Crippen LogP contribution in [0.2, 0.25) is 0 Å². The molecule has 1 rings (SSSR count). The van der Waals surface area contributed by atoms with E-state index in [2.05, 4.69) is 24.5 Å². The van der Waals surface area contributed by atoms with Crippen LogP contribution in [0.15, 0.2) is 30.3 Å². The summed E-state index contributed by atoms with van der Waals surface area (Å²) >= 11 is 0. The fourth-order valence-electron chi connectivity index (χ4n) is 1.04. The van der Waals surface area contributed by atoms with Crippen molar-refractivity contribution in [3.05, 3.63) is 35.9 Å². The fraction of sp³-hybridized carbons (Fsp3) is 0.333. The SMILES string of the molecule is CC(CNO)c1ccccc1. The van der Waals surface area contributed by atoms with Crippen LogP contribution in [0, 0.1) is 0 Å². The summed E-state index contributed by atoms with van der Waals surface area (Å²) in [4.78, 5) is 0. The first kappa shape index (κ1) is 8.24. The highest BCUT2D eigenvalue weighted by Gasteiger charge is 2.01. The van der Waals surface area contributed by atoms with E-state index in [-0.39, 0.29) is 0 Å². The van der Waals surface area contributed by atoms with Crippen molar-refractivity contribution in [3.63, 3.8) is 0 Å². The van der Waals surface area contributed by atoms with E-state index >= 15 is 0 Å². The van der Waals surface area contributed by atoms with Gasteiger partial charge in [0.15, 0.2) is 0 Å². The number of nitrogens with one attached hydrogen (secondary N) is 1. The van der Waals surface area contributed by atoms with Crippen molar-refractivity contribution in [3.8, 4) is 0 Å². The van der Waals surface area contributed by atoms with E-state index in [1.807, 2.05) is 18.2 Å². The minimum absolute atomic E-state index is 0.362. The average molecular weight is 151 g/mol. The van der Waals surface area contributed by atoms with Gasteiger partial charge in [0.25, 0.3) is 0 Å². The van der Waals surface area contributed by atoms with Gasteiger partial charge in [-0.25, -0.2) is 5.48 Å². The van der Waals surface area contributed by atoms with E-state index < -0.39 is 0 Å². The van der Waals surface area contributed by atoms with Gasteiger partial charge in [0.1, 0.15) is 0 Å². The van der Waals surface area contributed by atoms with Crippen LogP contribution in [0.3, 0.4) is 0 Å². The molecule has 0 aliphatic rings. The topological polar surface area (TPSA) is 32.3 Å². The van der Waals surface area contributed by atoms with Crippen LogP contribution < -0.4 is 5.48 Å². The second-order valence-corrected chi connectivity index (χ2v) is 2.67. The van der Waals surface area contributed by atoms with E-state index in [4.69, 9.17) is 5.21 Å². The number of hydrogen-bond acceptors (Lipinski definition) is 2. The van der Waals surface area contributed by atoms with Crippen LogP contribution in [-0.2, 0) is 0 Å². The first-order valence-electron chi connectivity index (χ1n) is 3.76. The van der Waals surface area contributed by atoms with Crippen LogP contribution in [0.1, 0.15) is 18.4 Å². The molecule has 0 amide bonds. The summed E-state index contributed by atoms with van der Waals surface area (Å²) < 4.78 is 0. The summed E-state index contributed by atoms with van der Waals surface area (Å²) in [6, 6.07) is 10.1. The van der Waals surface area contributed by atoms with E-state index in [1.54, 1.807) is 0 Å². The Labute approximate surface area is 66.8 Å². The van der Waals surface area contributed by atoms with E-state index in [0.717, 1.165) is 0 Å². The molecule has 0 bridgehead atoms. The molecule has 0 spiro atoms. The summed E-state index contributed by atoms with van der Waals surface area (Å²) in [6.07, 6.45) is 0. The molecule has 0 saturated carbocycles. The molecule has 1 aromatic rings. The molecule has 0 aliphatic heterocycles. The zero-order valence-corrected chi connectivity index (χ0v) is 6.62. The van der Waals surface area contributed by atoms with Crippen LogP contribution >= 0.6 is 0 Å². The first-order valence-corrected chi connectivity index (χ1v) is 3.76. The van der Waals surface area contributed by atoms with Gasteiger partial charge in [0.05, 0.1) is 0 Å². The largest absolute Gasteiger partial charge is 0.317 e. The molecule has 1 unspecified atom stereocenters. The normalized spacial score (nSPS) is 12.9. The quantitative estimate of drug-likeness (QED) is 0.645. The lowest BCUT2D eigenvalue weighted by atomic mass is 10.0. The van der Waals surface area contributed by atoms with Crippen LogP contribution in [-0.4, -0.2) is 11.8 Å². The van der Waals surface area contributed by atoms with Crippen LogP contribution in [0.4, 0.5) is 0 Å². The lowest BCUT2D eigenvalue weighted by Crippen LogP contribution is -2.15. The Kier molecular flexibility index (Phi) is 3.08. The Morgan fingerprint density at radius 3 is 2.55 bits per heavy atom. The van der Waals surface area contributed by atoms with Crippen molar-refractivity contribution < 1.29 is 5.21 Å². The molecule has 0 aliphatic carbocycles. The van der Waals surface area contributed by atoms with Crippen molar-refractivity contribution in [1.82, 2.24) is 5.48 Å². The molecule has 2 N–H and O–H groups in total. The maximum Gasteiger partial charge on any atom is 0.0273 e. The predicted molar refractivity (Wildman–Crippen MR) is 44.6 cm³/mol. The number of benzene rings is 1. The molecular formula is C9H13NO. The van der Waals surface area contributed by atoms with Gasteiger partial charge in [-0.15, -0.1) is 0 Å². The third-order valence-electron chi connectivity index (χ3n) is 1.77. The minimum Gasteiger partial charge on any atom is -0.317 e. The molecule has 0 fully saturated rings. The molecule has 0 saturated heterocycles. The first-order chi connectivity index (χ1) is 5.34. The number of rotatable bonds is 3. The maximum absolute atomic E-state index is 8.45. The lowest BCUT2D eigenvalue weighted by molar-refractivity contribution is 0.161. The molecule has 0 aromatic heterocycles. The van der Waals surface area contributed by atoms with Crippen LogP contribution in [0.25, 0.3) is 0 Å². The Morgan fingerprint density at radius 1 is 1.36 bits per heavy atom. The highest BCUT2D eigenvalue weighted by molar-refractivity contribution is 5.18. The van der Waals surface area contributed by atoms with Gasteiger partial charge in [0, 0.05) is 6.54 Å². The van der Waals surface area contributed by atoms with Crippen molar-refractivity contribution in [2.75, 3.05) is 6.54 Å².